The smallest absolute Gasteiger partial charge is 0.138 e. The van der Waals surface area contributed by atoms with Crippen molar-refractivity contribution in [3.63, 3.8) is 0 Å². The summed E-state index contributed by atoms with van der Waals surface area (Å²) in [5, 5.41) is 4.09. The number of nitrogens with one attached hydrogen (secondary N) is 1. The third-order valence-electron chi connectivity index (χ3n) is 2.74. The molecule has 0 saturated carbocycles. The molecule has 0 aliphatic carbocycles. The van der Waals surface area contributed by atoms with Gasteiger partial charge in [0.2, 0.25) is 0 Å². The maximum Gasteiger partial charge on any atom is 0.138 e. The maximum absolute atomic E-state index is 6.12. The van der Waals surface area contributed by atoms with E-state index in [0.717, 1.165) is 36.2 Å². The summed E-state index contributed by atoms with van der Waals surface area (Å²) in [4.78, 5) is 0. The monoisotopic (exact) mass is 347 g/mol. The van der Waals surface area contributed by atoms with Crippen molar-refractivity contribution in [2.75, 3.05) is 13.1 Å². The minimum absolute atomic E-state index is 0.180. The molecule has 4 heteroatoms. The second kappa shape index (κ2) is 8.83. The van der Waals surface area contributed by atoms with Gasteiger partial charge in [-0.15, -0.1) is 0 Å². The maximum atomic E-state index is 6.12. The highest BCUT2D eigenvalue weighted by Gasteiger charge is 2.07. The molecule has 1 N–H and O–H groups in total. The van der Waals surface area contributed by atoms with Crippen LogP contribution < -0.4 is 10.1 Å². The first kappa shape index (κ1) is 16.8. The molecule has 0 amide bonds. The highest BCUT2D eigenvalue weighted by atomic mass is 79.9. The van der Waals surface area contributed by atoms with Crippen LogP contribution in [0.25, 0.3) is 0 Å². The van der Waals surface area contributed by atoms with Crippen LogP contribution in [0.4, 0.5) is 0 Å². The summed E-state index contributed by atoms with van der Waals surface area (Å²) in [7, 11) is 0. The van der Waals surface area contributed by atoms with Gasteiger partial charge in [0.1, 0.15) is 5.75 Å². The molecular weight excluding hydrogens is 326 g/mol. The second-order valence-electron chi connectivity index (χ2n) is 5.24. The standard InChI is InChI=1S/C15H23BrClNO/c1-11(2)10-18-8-4-5-12(3)19-15-7-6-13(16)9-14(15)17/h6-7,9,11-12,18H,4-5,8,10H2,1-3H3. The SMILES string of the molecule is CC(C)CNCCCC(C)Oc1ccc(Br)cc1Cl. The first-order valence-corrected chi connectivity index (χ1v) is 7.98. The average molecular weight is 349 g/mol. The van der Waals surface area contributed by atoms with E-state index in [2.05, 4.69) is 42.0 Å². The van der Waals surface area contributed by atoms with Crippen LogP contribution in [0.2, 0.25) is 5.02 Å². The third-order valence-corrected chi connectivity index (χ3v) is 3.53. The number of rotatable bonds is 8. The molecule has 0 aromatic heterocycles. The van der Waals surface area contributed by atoms with E-state index in [1.807, 2.05) is 18.2 Å². The van der Waals surface area contributed by atoms with E-state index in [1.165, 1.54) is 0 Å². The number of benzene rings is 1. The number of halogens is 2. The zero-order valence-electron chi connectivity index (χ0n) is 11.9. The minimum atomic E-state index is 0.180. The van der Waals surface area contributed by atoms with Crippen molar-refractivity contribution < 1.29 is 4.74 Å². The largest absolute Gasteiger partial charge is 0.489 e. The first-order chi connectivity index (χ1) is 8.99. The molecule has 0 spiro atoms. The fourth-order valence-corrected chi connectivity index (χ4v) is 2.47. The van der Waals surface area contributed by atoms with Crippen molar-refractivity contribution in [2.45, 2.75) is 39.7 Å². The Hall–Kier alpha value is -0.250. The Bertz CT molecular complexity index is 384. The average Bonchev–Trinajstić information content (AvgIpc) is 2.32. The summed E-state index contributed by atoms with van der Waals surface area (Å²) in [6, 6.07) is 5.70. The lowest BCUT2D eigenvalue weighted by Gasteiger charge is -2.16. The van der Waals surface area contributed by atoms with E-state index in [4.69, 9.17) is 16.3 Å². The summed E-state index contributed by atoms with van der Waals surface area (Å²) in [6.07, 6.45) is 2.32. The van der Waals surface area contributed by atoms with Crippen molar-refractivity contribution in [3.8, 4) is 5.75 Å². The molecule has 0 heterocycles. The van der Waals surface area contributed by atoms with E-state index in [-0.39, 0.29) is 6.10 Å². The van der Waals surface area contributed by atoms with Gasteiger partial charge in [0.15, 0.2) is 0 Å². The van der Waals surface area contributed by atoms with E-state index >= 15 is 0 Å². The van der Waals surface area contributed by atoms with Crippen LogP contribution in [-0.4, -0.2) is 19.2 Å². The van der Waals surface area contributed by atoms with E-state index in [0.29, 0.717) is 10.9 Å². The van der Waals surface area contributed by atoms with Crippen LogP contribution in [0.3, 0.4) is 0 Å². The van der Waals surface area contributed by atoms with Crippen LogP contribution in [-0.2, 0) is 0 Å². The second-order valence-corrected chi connectivity index (χ2v) is 6.57. The molecule has 19 heavy (non-hydrogen) atoms. The van der Waals surface area contributed by atoms with E-state index in [1.54, 1.807) is 0 Å². The zero-order chi connectivity index (χ0) is 14.3. The van der Waals surface area contributed by atoms with Gasteiger partial charge in [-0.25, -0.2) is 0 Å². The van der Waals surface area contributed by atoms with Gasteiger partial charge < -0.3 is 10.1 Å². The topological polar surface area (TPSA) is 21.3 Å². The molecule has 1 rings (SSSR count). The Morgan fingerprint density at radius 3 is 2.68 bits per heavy atom. The zero-order valence-corrected chi connectivity index (χ0v) is 14.2. The van der Waals surface area contributed by atoms with Crippen molar-refractivity contribution in [1.29, 1.82) is 0 Å². The summed E-state index contributed by atoms with van der Waals surface area (Å²) < 4.78 is 6.82. The normalized spacial score (nSPS) is 12.7. The van der Waals surface area contributed by atoms with Crippen molar-refractivity contribution in [1.82, 2.24) is 5.32 Å². The van der Waals surface area contributed by atoms with Crippen molar-refractivity contribution >= 4 is 27.5 Å². The number of hydrogen-bond donors (Lipinski definition) is 1. The summed E-state index contributed by atoms with van der Waals surface area (Å²) in [5.41, 5.74) is 0. The Labute approximate surface area is 130 Å². The molecular formula is C15H23BrClNO. The highest BCUT2D eigenvalue weighted by Crippen LogP contribution is 2.28. The van der Waals surface area contributed by atoms with Crippen LogP contribution in [0.15, 0.2) is 22.7 Å². The molecule has 1 unspecified atom stereocenters. The number of ether oxygens (including phenoxy) is 1. The predicted molar refractivity (Wildman–Crippen MR) is 86.2 cm³/mol. The van der Waals surface area contributed by atoms with Crippen LogP contribution in [0.5, 0.6) is 5.75 Å². The molecule has 0 aliphatic rings. The first-order valence-electron chi connectivity index (χ1n) is 6.81. The fraction of sp³-hybridized carbons (Fsp3) is 0.600. The third kappa shape index (κ3) is 7.19. The lowest BCUT2D eigenvalue weighted by Crippen LogP contribution is -2.22. The van der Waals surface area contributed by atoms with Gasteiger partial charge in [-0.3, -0.25) is 0 Å². The van der Waals surface area contributed by atoms with Gasteiger partial charge >= 0.3 is 0 Å². The Morgan fingerprint density at radius 2 is 2.05 bits per heavy atom. The molecule has 0 fully saturated rings. The molecule has 0 aliphatic heterocycles. The fourth-order valence-electron chi connectivity index (χ4n) is 1.75. The van der Waals surface area contributed by atoms with E-state index in [9.17, 15) is 0 Å². The molecule has 0 radical (unpaired) electrons. The highest BCUT2D eigenvalue weighted by molar-refractivity contribution is 9.10. The molecule has 1 atom stereocenters. The van der Waals surface area contributed by atoms with Gasteiger partial charge in [-0.2, -0.15) is 0 Å². The van der Waals surface area contributed by atoms with Crippen molar-refractivity contribution in [3.05, 3.63) is 27.7 Å². The summed E-state index contributed by atoms with van der Waals surface area (Å²) >= 11 is 9.51. The van der Waals surface area contributed by atoms with Gasteiger partial charge in [0.05, 0.1) is 11.1 Å². The molecule has 2 nitrogen and oxygen atoms in total. The molecule has 0 bridgehead atoms. The van der Waals surface area contributed by atoms with Crippen molar-refractivity contribution in [2.24, 2.45) is 5.92 Å². The van der Waals surface area contributed by atoms with E-state index < -0.39 is 0 Å². The Balaban J connectivity index is 2.25. The Kier molecular flexibility index (Phi) is 7.81. The molecule has 1 aromatic carbocycles. The van der Waals surface area contributed by atoms with Gasteiger partial charge in [-0.1, -0.05) is 41.4 Å². The lowest BCUT2D eigenvalue weighted by molar-refractivity contribution is 0.207. The van der Waals surface area contributed by atoms with Crippen LogP contribution in [0, 0.1) is 5.92 Å². The lowest BCUT2D eigenvalue weighted by atomic mass is 10.2. The Morgan fingerprint density at radius 1 is 1.32 bits per heavy atom. The quantitative estimate of drug-likeness (QED) is 0.675. The van der Waals surface area contributed by atoms with Gasteiger partial charge in [0.25, 0.3) is 0 Å². The number of hydrogen-bond acceptors (Lipinski definition) is 2. The van der Waals surface area contributed by atoms with Crippen LogP contribution >= 0.6 is 27.5 Å². The van der Waals surface area contributed by atoms with Gasteiger partial charge in [0, 0.05) is 4.47 Å². The van der Waals surface area contributed by atoms with Crippen LogP contribution in [0.1, 0.15) is 33.6 Å². The minimum Gasteiger partial charge on any atom is -0.489 e. The summed E-state index contributed by atoms with van der Waals surface area (Å²) in [6.45, 7) is 8.64. The molecule has 0 saturated heterocycles. The molecule has 1 aromatic rings. The van der Waals surface area contributed by atoms with Gasteiger partial charge in [-0.05, 0) is 57.0 Å². The predicted octanol–water partition coefficient (Wildman–Crippen LogP) is 4.90. The summed E-state index contributed by atoms with van der Waals surface area (Å²) in [5.74, 6) is 1.46. The molecule has 108 valence electrons.